The maximum absolute atomic E-state index is 6.68. The first-order valence-corrected chi connectivity index (χ1v) is 8.90. The molecule has 1 atom stereocenters. The van der Waals surface area contributed by atoms with Crippen LogP contribution in [0.15, 0.2) is 29.6 Å². The molecule has 0 unspecified atom stereocenters. The summed E-state index contributed by atoms with van der Waals surface area (Å²) >= 11 is 8.44. The van der Waals surface area contributed by atoms with Crippen LogP contribution in [-0.4, -0.2) is 45.3 Å². The molecule has 140 valence electrons. The van der Waals surface area contributed by atoms with Crippen LogP contribution in [0.5, 0.6) is 11.5 Å². The Labute approximate surface area is 170 Å². The maximum Gasteiger partial charge on any atom is 0.179 e. The van der Waals surface area contributed by atoms with Crippen LogP contribution in [0.1, 0.15) is 16.5 Å². The lowest BCUT2D eigenvalue weighted by Gasteiger charge is -2.35. The molecule has 4 nitrogen and oxygen atoms in total. The standard InChI is InChI=1S/C17H21ClN2O2S.2ClH/c1-21-13-6-5-12(15(18)17(13)22-2)16(14-4-3-11-23-14)20-9-7-19-8-10-20;;/h3-6,11,16,19H,7-10H2,1-2H3;2*1H/t16-;;/m1../s1. The van der Waals surface area contributed by atoms with Gasteiger partial charge in [0.15, 0.2) is 11.5 Å². The highest BCUT2D eigenvalue weighted by atomic mass is 35.5. The van der Waals surface area contributed by atoms with Gasteiger partial charge in [0.2, 0.25) is 0 Å². The topological polar surface area (TPSA) is 33.7 Å². The van der Waals surface area contributed by atoms with Crippen molar-refractivity contribution in [3.63, 3.8) is 0 Å². The number of rotatable bonds is 5. The fourth-order valence-electron chi connectivity index (χ4n) is 3.03. The first-order valence-electron chi connectivity index (χ1n) is 7.64. The van der Waals surface area contributed by atoms with Crippen molar-refractivity contribution in [1.29, 1.82) is 0 Å². The molecule has 1 aromatic carbocycles. The highest BCUT2D eigenvalue weighted by Gasteiger charge is 2.28. The van der Waals surface area contributed by atoms with Crippen molar-refractivity contribution in [3.05, 3.63) is 45.1 Å². The largest absolute Gasteiger partial charge is 0.493 e. The summed E-state index contributed by atoms with van der Waals surface area (Å²) < 4.78 is 10.8. The van der Waals surface area contributed by atoms with Gasteiger partial charge in [-0.25, -0.2) is 0 Å². The van der Waals surface area contributed by atoms with E-state index in [0.717, 1.165) is 31.7 Å². The van der Waals surface area contributed by atoms with Crippen LogP contribution in [0.25, 0.3) is 0 Å². The number of methoxy groups -OCH3 is 2. The first kappa shape index (κ1) is 22.4. The first-order chi connectivity index (χ1) is 11.3. The lowest BCUT2D eigenvalue weighted by molar-refractivity contribution is 0.200. The van der Waals surface area contributed by atoms with E-state index in [1.165, 1.54) is 4.88 Å². The number of nitrogens with zero attached hydrogens (tertiary/aromatic N) is 1. The second-order valence-corrected chi connectivity index (χ2v) is 6.77. The molecule has 0 amide bonds. The van der Waals surface area contributed by atoms with Crippen molar-refractivity contribution in [1.82, 2.24) is 10.2 Å². The maximum atomic E-state index is 6.68. The van der Waals surface area contributed by atoms with Gasteiger partial charge in [0.05, 0.1) is 25.3 Å². The van der Waals surface area contributed by atoms with Gasteiger partial charge in [-0.15, -0.1) is 36.2 Å². The van der Waals surface area contributed by atoms with Gasteiger partial charge in [0.25, 0.3) is 0 Å². The Morgan fingerprint density at radius 1 is 1.12 bits per heavy atom. The molecular formula is C17H23Cl3N2O2S. The molecular weight excluding hydrogens is 403 g/mol. The van der Waals surface area contributed by atoms with Crippen molar-refractivity contribution in [2.45, 2.75) is 6.04 Å². The van der Waals surface area contributed by atoms with Crippen LogP contribution in [-0.2, 0) is 0 Å². The Hall–Kier alpha value is -0.690. The second kappa shape index (κ2) is 10.5. The summed E-state index contributed by atoms with van der Waals surface area (Å²) in [6, 6.07) is 8.39. The Bertz CT molecular complexity index is 650. The number of piperazine rings is 1. The average molecular weight is 426 g/mol. The normalized spacial score (nSPS) is 15.6. The Morgan fingerprint density at radius 2 is 1.84 bits per heavy atom. The molecule has 1 aromatic heterocycles. The summed E-state index contributed by atoms with van der Waals surface area (Å²) in [6.45, 7) is 3.97. The molecule has 1 saturated heterocycles. The van der Waals surface area contributed by atoms with Crippen molar-refractivity contribution in [2.75, 3.05) is 40.4 Å². The lowest BCUT2D eigenvalue weighted by atomic mass is 10.0. The second-order valence-electron chi connectivity index (χ2n) is 5.41. The number of thiophene rings is 1. The third kappa shape index (κ3) is 4.73. The SMILES string of the molecule is COc1ccc([C@H](c2cccs2)N2CCNCC2)c(Cl)c1OC.Cl.Cl. The van der Waals surface area contributed by atoms with Gasteiger partial charge in [-0.05, 0) is 23.1 Å². The number of ether oxygens (including phenoxy) is 2. The summed E-state index contributed by atoms with van der Waals surface area (Å²) in [5.41, 5.74) is 1.06. The zero-order valence-electron chi connectivity index (χ0n) is 14.2. The minimum Gasteiger partial charge on any atom is -0.493 e. The van der Waals surface area contributed by atoms with E-state index in [0.29, 0.717) is 16.5 Å². The highest BCUT2D eigenvalue weighted by Crippen LogP contribution is 2.43. The van der Waals surface area contributed by atoms with E-state index < -0.39 is 0 Å². The summed E-state index contributed by atoms with van der Waals surface area (Å²) in [7, 11) is 3.25. The van der Waals surface area contributed by atoms with Gasteiger partial charge in [-0.3, -0.25) is 4.90 Å². The van der Waals surface area contributed by atoms with Gasteiger partial charge >= 0.3 is 0 Å². The van der Waals surface area contributed by atoms with E-state index in [4.69, 9.17) is 21.1 Å². The Kier molecular flexibility index (Phi) is 9.35. The van der Waals surface area contributed by atoms with Crippen LogP contribution in [0, 0.1) is 0 Å². The van der Waals surface area contributed by atoms with Crippen molar-refractivity contribution in [3.8, 4) is 11.5 Å². The van der Waals surface area contributed by atoms with Crippen molar-refractivity contribution in [2.24, 2.45) is 0 Å². The summed E-state index contributed by atoms with van der Waals surface area (Å²) in [6.07, 6.45) is 0. The number of hydrogen-bond acceptors (Lipinski definition) is 5. The quantitative estimate of drug-likeness (QED) is 0.776. The monoisotopic (exact) mass is 424 g/mol. The van der Waals surface area contributed by atoms with Gasteiger partial charge < -0.3 is 14.8 Å². The highest BCUT2D eigenvalue weighted by molar-refractivity contribution is 7.10. The minimum absolute atomic E-state index is 0. The molecule has 2 heterocycles. The summed E-state index contributed by atoms with van der Waals surface area (Å²) in [5.74, 6) is 1.26. The third-order valence-electron chi connectivity index (χ3n) is 4.14. The number of benzene rings is 1. The lowest BCUT2D eigenvalue weighted by Crippen LogP contribution is -2.45. The van der Waals surface area contributed by atoms with Crippen LogP contribution in [0.2, 0.25) is 5.02 Å². The zero-order chi connectivity index (χ0) is 16.2. The fourth-order valence-corrected chi connectivity index (χ4v) is 4.25. The third-order valence-corrected chi connectivity index (χ3v) is 5.45. The molecule has 25 heavy (non-hydrogen) atoms. The van der Waals surface area contributed by atoms with Crippen LogP contribution in [0.3, 0.4) is 0 Å². The van der Waals surface area contributed by atoms with Crippen LogP contribution in [0.4, 0.5) is 0 Å². The van der Waals surface area contributed by atoms with Crippen molar-refractivity contribution < 1.29 is 9.47 Å². The molecule has 1 N–H and O–H groups in total. The van der Waals surface area contributed by atoms with Crippen molar-refractivity contribution >= 4 is 47.8 Å². The van der Waals surface area contributed by atoms with E-state index >= 15 is 0 Å². The van der Waals surface area contributed by atoms with E-state index in [2.05, 4.69) is 33.8 Å². The van der Waals surface area contributed by atoms with E-state index in [1.54, 1.807) is 25.6 Å². The van der Waals surface area contributed by atoms with Crippen LogP contribution < -0.4 is 14.8 Å². The summed E-state index contributed by atoms with van der Waals surface area (Å²) in [5, 5.41) is 6.14. The van der Waals surface area contributed by atoms with Gasteiger partial charge in [-0.2, -0.15) is 0 Å². The molecule has 0 bridgehead atoms. The molecule has 3 rings (SSSR count). The van der Waals surface area contributed by atoms with Gasteiger partial charge in [0, 0.05) is 31.1 Å². The molecule has 1 aliphatic heterocycles. The number of hydrogen-bond donors (Lipinski definition) is 1. The van der Waals surface area contributed by atoms with E-state index in [1.807, 2.05) is 6.07 Å². The number of halogens is 3. The van der Waals surface area contributed by atoms with Gasteiger partial charge in [0.1, 0.15) is 0 Å². The van der Waals surface area contributed by atoms with E-state index in [9.17, 15) is 0 Å². The predicted octanol–water partition coefficient (Wildman–Crippen LogP) is 4.26. The molecule has 0 spiro atoms. The van der Waals surface area contributed by atoms with E-state index in [-0.39, 0.29) is 30.9 Å². The minimum atomic E-state index is 0. The molecule has 0 radical (unpaired) electrons. The molecule has 1 aliphatic rings. The molecule has 2 aromatic rings. The Balaban J connectivity index is 0.00000156. The zero-order valence-corrected chi connectivity index (χ0v) is 17.4. The number of nitrogens with one attached hydrogen (secondary N) is 1. The molecule has 1 fully saturated rings. The smallest absolute Gasteiger partial charge is 0.179 e. The van der Waals surface area contributed by atoms with Crippen LogP contribution >= 0.6 is 47.8 Å². The Morgan fingerprint density at radius 3 is 2.40 bits per heavy atom. The average Bonchev–Trinajstić information content (AvgIpc) is 3.11. The molecule has 8 heteroatoms. The predicted molar refractivity (Wildman–Crippen MR) is 110 cm³/mol. The van der Waals surface area contributed by atoms with Gasteiger partial charge in [-0.1, -0.05) is 23.7 Å². The fraction of sp³-hybridized carbons (Fsp3) is 0.412. The summed E-state index contributed by atoms with van der Waals surface area (Å²) in [4.78, 5) is 3.76. The molecule has 0 saturated carbocycles. The molecule has 0 aliphatic carbocycles.